The number of fused-ring (bicyclic) bond motifs is 2. The van der Waals surface area contributed by atoms with Crippen LogP contribution in [0.3, 0.4) is 0 Å². The number of aryl methyl sites for hydroxylation is 2. The lowest BCUT2D eigenvalue weighted by Crippen LogP contribution is -2.31. The van der Waals surface area contributed by atoms with E-state index in [-0.39, 0.29) is 11.9 Å². The number of cyclic esters (lactones) is 1. The highest BCUT2D eigenvalue weighted by atomic mass is 79.9. The van der Waals surface area contributed by atoms with Gasteiger partial charge in [-0.3, -0.25) is 4.79 Å². The van der Waals surface area contributed by atoms with E-state index in [1.54, 1.807) is 0 Å². The number of ether oxygens (including phenoxy) is 2. The molecule has 0 radical (unpaired) electrons. The third-order valence-electron chi connectivity index (χ3n) is 7.03. The molecule has 2 fully saturated rings. The summed E-state index contributed by atoms with van der Waals surface area (Å²) in [4.78, 5) is 12.5. The number of carbonyl (C=O) groups is 1. The van der Waals surface area contributed by atoms with Crippen molar-refractivity contribution in [3.8, 4) is 5.75 Å². The zero-order valence-electron chi connectivity index (χ0n) is 17.2. The molecule has 1 aliphatic heterocycles. The van der Waals surface area contributed by atoms with Crippen LogP contribution in [0.25, 0.3) is 0 Å². The van der Waals surface area contributed by atoms with Crippen LogP contribution in [0, 0.1) is 11.3 Å². The lowest BCUT2D eigenvalue weighted by molar-refractivity contribution is -0.146. The molecular weight excluding hydrogens is 440 g/mol. The van der Waals surface area contributed by atoms with Gasteiger partial charge in [-0.15, -0.1) is 0 Å². The van der Waals surface area contributed by atoms with Crippen molar-refractivity contribution in [1.29, 1.82) is 0 Å². The van der Waals surface area contributed by atoms with Crippen LogP contribution in [0.1, 0.15) is 47.9 Å². The minimum atomic E-state index is -0.429. The van der Waals surface area contributed by atoms with E-state index in [4.69, 9.17) is 9.47 Å². The van der Waals surface area contributed by atoms with Gasteiger partial charge in [-0.05, 0) is 95.3 Å². The summed E-state index contributed by atoms with van der Waals surface area (Å²) in [6, 6.07) is 12.9. The monoisotopic (exact) mass is 466 g/mol. The van der Waals surface area contributed by atoms with E-state index in [1.165, 1.54) is 47.9 Å². The molecule has 0 amide bonds. The second-order valence-electron chi connectivity index (χ2n) is 9.12. The standard InChI is InChI=1S/C26H27BrO3/c1-17-10-22-16-30-25(28)26(22,13-17)14-18-7-9-24(23(27)12-18)29-15-19-6-8-20-4-2-3-5-21(20)11-19/h6-9,11-12,22H,1-5,10,13-16H2. The molecule has 3 aliphatic rings. The molecule has 2 atom stereocenters. The van der Waals surface area contributed by atoms with Crippen LogP contribution in [0.2, 0.25) is 0 Å². The Morgan fingerprint density at radius 3 is 2.73 bits per heavy atom. The Kier molecular flexibility index (Phi) is 5.22. The number of benzene rings is 2. The molecule has 1 heterocycles. The van der Waals surface area contributed by atoms with E-state index in [0.29, 0.717) is 19.6 Å². The van der Waals surface area contributed by atoms with Crippen molar-refractivity contribution >= 4 is 21.9 Å². The summed E-state index contributed by atoms with van der Waals surface area (Å²) in [6.07, 6.45) is 7.30. The molecule has 156 valence electrons. The van der Waals surface area contributed by atoms with Crippen LogP contribution in [0.15, 0.2) is 53.0 Å². The highest BCUT2D eigenvalue weighted by molar-refractivity contribution is 9.10. The Bertz CT molecular complexity index is 1010. The summed E-state index contributed by atoms with van der Waals surface area (Å²) in [5, 5.41) is 0. The van der Waals surface area contributed by atoms with Crippen LogP contribution >= 0.6 is 15.9 Å². The van der Waals surface area contributed by atoms with Crippen molar-refractivity contribution in [2.75, 3.05) is 6.61 Å². The van der Waals surface area contributed by atoms with E-state index in [1.807, 2.05) is 6.07 Å². The Morgan fingerprint density at radius 2 is 1.90 bits per heavy atom. The second-order valence-corrected chi connectivity index (χ2v) is 9.98. The predicted octanol–water partition coefficient (Wildman–Crippen LogP) is 5.96. The van der Waals surface area contributed by atoms with Gasteiger partial charge in [-0.2, -0.15) is 0 Å². The maximum atomic E-state index is 12.5. The lowest BCUT2D eigenvalue weighted by atomic mass is 9.75. The van der Waals surface area contributed by atoms with Crippen molar-refractivity contribution in [1.82, 2.24) is 0 Å². The zero-order chi connectivity index (χ0) is 20.7. The number of esters is 1. The maximum Gasteiger partial charge on any atom is 0.313 e. The number of carbonyl (C=O) groups excluding carboxylic acids is 1. The third kappa shape index (κ3) is 3.60. The molecule has 1 saturated carbocycles. The molecule has 0 bridgehead atoms. The third-order valence-corrected chi connectivity index (χ3v) is 7.65. The zero-order valence-corrected chi connectivity index (χ0v) is 18.8. The Hall–Kier alpha value is -2.07. The van der Waals surface area contributed by atoms with E-state index in [9.17, 15) is 4.79 Å². The summed E-state index contributed by atoms with van der Waals surface area (Å²) in [6.45, 7) is 5.22. The average Bonchev–Trinajstić information content (AvgIpc) is 3.21. The average molecular weight is 467 g/mol. The van der Waals surface area contributed by atoms with Crippen molar-refractivity contribution in [2.24, 2.45) is 11.3 Å². The van der Waals surface area contributed by atoms with E-state index >= 15 is 0 Å². The number of halogens is 1. The first-order chi connectivity index (χ1) is 14.5. The lowest BCUT2D eigenvalue weighted by Gasteiger charge is -2.24. The van der Waals surface area contributed by atoms with Gasteiger partial charge in [-0.1, -0.05) is 36.4 Å². The van der Waals surface area contributed by atoms with E-state index in [2.05, 4.69) is 52.8 Å². The fourth-order valence-corrected chi connectivity index (χ4v) is 5.98. The quantitative estimate of drug-likeness (QED) is 0.402. The molecule has 2 aliphatic carbocycles. The fraction of sp³-hybridized carbons (Fsp3) is 0.423. The molecule has 30 heavy (non-hydrogen) atoms. The highest BCUT2D eigenvalue weighted by Gasteiger charge is 2.55. The minimum Gasteiger partial charge on any atom is -0.488 e. The van der Waals surface area contributed by atoms with Gasteiger partial charge in [0.2, 0.25) is 0 Å². The van der Waals surface area contributed by atoms with Crippen LogP contribution < -0.4 is 4.74 Å². The number of hydrogen-bond acceptors (Lipinski definition) is 3. The first-order valence-corrected chi connectivity index (χ1v) is 11.7. The Morgan fingerprint density at radius 1 is 1.10 bits per heavy atom. The SMILES string of the molecule is C=C1CC2COC(=O)C2(Cc2ccc(OCc3ccc4c(c3)CCCC4)c(Br)c2)C1. The Balaban J connectivity index is 1.28. The van der Waals surface area contributed by atoms with Gasteiger partial charge >= 0.3 is 5.97 Å². The summed E-state index contributed by atoms with van der Waals surface area (Å²) in [5.74, 6) is 1.03. The van der Waals surface area contributed by atoms with Gasteiger partial charge in [0, 0.05) is 5.92 Å². The molecule has 3 nitrogen and oxygen atoms in total. The summed E-state index contributed by atoms with van der Waals surface area (Å²) >= 11 is 3.67. The van der Waals surface area contributed by atoms with Gasteiger partial charge in [0.25, 0.3) is 0 Å². The largest absolute Gasteiger partial charge is 0.488 e. The topological polar surface area (TPSA) is 35.5 Å². The van der Waals surface area contributed by atoms with Crippen LogP contribution in [0.4, 0.5) is 0 Å². The predicted molar refractivity (Wildman–Crippen MR) is 121 cm³/mol. The molecule has 0 spiro atoms. The van der Waals surface area contributed by atoms with Crippen LogP contribution in [-0.2, 0) is 35.4 Å². The first kappa shape index (κ1) is 19.9. The summed E-state index contributed by atoms with van der Waals surface area (Å²) in [5.41, 5.74) is 6.05. The van der Waals surface area contributed by atoms with Gasteiger partial charge in [-0.25, -0.2) is 0 Å². The van der Waals surface area contributed by atoms with Crippen molar-refractivity contribution in [3.63, 3.8) is 0 Å². The van der Waals surface area contributed by atoms with Gasteiger partial charge in [0.05, 0.1) is 16.5 Å². The number of hydrogen-bond donors (Lipinski definition) is 0. The van der Waals surface area contributed by atoms with Crippen molar-refractivity contribution in [3.05, 3.63) is 75.3 Å². The maximum absolute atomic E-state index is 12.5. The van der Waals surface area contributed by atoms with Crippen LogP contribution in [0.5, 0.6) is 5.75 Å². The summed E-state index contributed by atoms with van der Waals surface area (Å²) < 4.78 is 12.4. The molecule has 0 aromatic heterocycles. The van der Waals surface area contributed by atoms with E-state index in [0.717, 1.165) is 28.6 Å². The normalized spacial score (nSPS) is 25.0. The first-order valence-electron chi connectivity index (χ1n) is 10.9. The van der Waals surface area contributed by atoms with Crippen molar-refractivity contribution < 1.29 is 14.3 Å². The minimum absolute atomic E-state index is 0.0602. The van der Waals surface area contributed by atoms with Gasteiger partial charge in [0.15, 0.2) is 0 Å². The second kappa shape index (κ2) is 7.88. The molecule has 0 N–H and O–H groups in total. The van der Waals surface area contributed by atoms with Gasteiger partial charge < -0.3 is 9.47 Å². The molecule has 1 saturated heterocycles. The summed E-state index contributed by atoms with van der Waals surface area (Å²) in [7, 11) is 0. The van der Waals surface area contributed by atoms with Crippen LogP contribution in [-0.4, -0.2) is 12.6 Å². The molecule has 5 rings (SSSR count). The van der Waals surface area contributed by atoms with Crippen molar-refractivity contribution in [2.45, 2.75) is 51.6 Å². The molecular formula is C26H27BrO3. The Labute approximate surface area is 186 Å². The fourth-order valence-electron chi connectivity index (χ4n) is 5.44. The number of rotatable bonds is 5. The molecule has 2 unspecified atom stereocenters. The molecule has 2 aromatic carbocycles. The highest BCUT2D eigenvalue weighted by Crippen LogP contribution is 2.52. The van der Waals surface area contributed by atoms with E-state index < -0.39 is 5.41 Å². The number of allylic oxidation sites excluding steroid dienone is 1. The smallest absolute Gasteiger partial charge is 0.313 e. The molecule has 2 aromatic rings. The molecule has 4 heteroatoms. The van der Waals surface area contributed by atoms with Gasteiger partial charge in [0.1, 0.15) is 12.4 Å².